The molecule has 0 aliphatic carbocycles. The molecule has 182 valence electrons. The monoisotopic (exact) mass is 506 g/mol. The maximum Gasteiger partial charge on any atom is 0.418 e. The van der Waals surface area contributed by atoms with Crippen LogP contribution in [0.15, 0.2) is 61.1 Å². The molecule has 0 atom stereocenters. The van der Waals surface area contributed by atoms with E-state index in [9.17, 15) is 14.7 Å². The maximum absolute atomic E-state index is 15.4. The number of carboxylic acid groups (broad SMARTS) is 1. The van der Waals surface area contributed by atoms with Crippen molar-refractivity contribution in [2.75, 3.05) is 16.3 Å². The molecular weight excluding hydrogens is 487 g/mol. The van der Waals surface area contributed by atoms with Crippen LogP contribution in [-0.2, 0) is 24.7 Å². The van der Waals surface area contributed by atoms with Gasteiger partial charge in [-0.3, -0.25) is 9.48 Å². The Morgan fingerprint density at radius 1 is 1.11 bits per heavy atom. The highest BCUT2D eigenvalue weighted by molar-refractivity contribution is 6.30. The molecule has 0 saturated carbocycles. The number of aryl methyl sites for hydroxylation is 1. The molecule has 2 amide bonds. The molecule has 1 N–H and O–H groups in total. The van der Waals surface area contributed by atoms with Gasteiger partial charge in [0.1, 0.15) is 22.6 Å². The summed E-state index contributed by atoms with van der Waals surface area (Å²) in [7, 11) is 1.63. The van der Waals surface area contributed by atoms with Gasteiger partial charge in [0.05, 0.1) is 18.3 Å². The van der Waals surface area contributed by atoms with Gasteiger partial charge in [-0.2, -0.15) is 5.10 Å². The summed E-state index contributed by atoms with van der Waals surface area (Å²) in [5, 5.41) is 14.1. The zero-order valence-electron chi connectivity index (χ0n) is 19.1. The molecule has 0 fully saturated rings. The molecule has 9 nitrogen and oxygen atoms in total. The SMILES string of the molecule is Cn1nccc1N(C(=O)O)c1cc(-c2cc(F)c3c(c2)CCN3C(=O)Cc2cccnc2Cl)ccn1. The van der Waals surface area contributed by atoms with Crippen LogP contribution in [0.3, 0.4) is 0 Å². The summed E-state index contributed by atoms with van der Waals surface area (Å²) in [6.45, 7) is 0.349. The Morgan fingerprint density at radius 2 is 1.94 bits per heavy atom. The Kier molecular flexibility index (Phi) is 6.11. The summed E-state index contributed by atoms with van der Waals surface area (Å²) in [5.41, 5.74) is 2.66. The van der Waals surface area contributed by atoms with E-state index in [1.807, 2.05) is 6.07 Å². The summed E-state index contributed by atoms with van der Waals surface area (Å²) in [5.74, 6) is -0.342. The van der Waals surface area contributed by atoms with Crippen LogP contribution in [-0.4, -0.2) is 43.4 Å². The van der Waals surface area contributed by atoms with E-state index < -0.39 is 11.9 Å². The van der Waals surface area contributed by atoms with E-state index in [4.69, 9.17) is 11.6 Å². The van der Waals surface area contributed by atoms with E-state index >= 15 is 4.39 Å². The highest BCUT2D eigenvalue weighted by Gasteiger charge is 2.29. The molecule has 4 aromatic rings. The molecule has 5 rings (SSSR count). The fourth-order valence-electron chi connectivity index (χ4n) is 4.34. The summed E-state index contributed by atoms with van der Waals surface area (Å²) in [6, 6.07) is 11.4. The third kappa shape index (κ3) is 4.27. The van der Waals surface area contributed by atoms with Crippen molar-refractivity contribution >= 4 is 40.9 Å². The van der Waals surface area contributed by atoms with Gasteiger partial charge in [0, 0.05) is 32.1 Å². The molecule has 4 heterocycles. The first-order valence-electron chi connectivity index (χ1n) is 11.0. The maximum atomic E-state index is 15.4. The summed E-state index contributed by atoms with van der Waals surface area (Å²) >= 11 is 6.08. The number of anilines is 3. The molecule has 0 radical (unpaired) electrons. The molecule has 1 aromatic carbocycles. The van der Waals surface area contributed by atoms with E-state index in [-0.39, 0.29) is 29.0 Å². The minimum Gasteiger partial charge on any atom is -0.464 e. The Balaban J connectivity index is 1.46. The number of fused-ring (bicyclic) bond motifs is 1. The van der Waals surface area contributed by atoms with Crippen molar-refractivity contribution < 1.29 is 19.1 Å². The predicted octanol–water partition coefficient (Wildman–Crippen LogP) is 4.62. The van der Waals surface area contributed by atoms with Crippen LogP contribution in [0.1, 0.15) is 11.1 Å². The van der Waals surface area contributed by atoms with Gasteiger partial charge in [-0.15, -0.1) is 0 Å². The van der Waals surface area contributed by atoms with Gasteiger partial charge in [0.15, 0.2) is 0 Å². The lowest BCUT2D eigenvalue weighted by atomic mass is 10.0. The van der Waals surface area contributed by atoms with Gasteiger partial charge >= 0.3 is 6.09 Å². The van der Waals surface area contributed by atoms with E-state index in [1.54, 1.807) is 43.6 Å². The second kappa shape index (κ2) is 9.38. The predicted molar refractivity (Wildman–Crippen MR) is 132 cm³/mol. The van der Waals surface area contributed by atoms with Crippen LogP contribution in [0.5, 0.6) is 0 Å². The number of benzene rings is 1. The normalized spacial score (nSPS) is 12.5. The minimum atomic E-state index is -1.23. The summed E-state index contributed by atoms with van der Waals surface area (Å²) in [6.07, 6.45) is 3.77. The number of halogens is 2. The molecule has 36 heavy (non-hydrogen) atoms. The number of rotatable bonds is 5. The zero-order chi connectivity index (χ0) is 25.4. The zero-order valence-corrected chi connectivity index (χ0v) is 19.9. The van der Waals surface area contributed by atoms with Crippen molar-refractivity contribution in [3.63, 3.8) is 0 Å². The third-order valence-corrected chi connectivity index (χ3v) is 6.36. The van der Waals surface area contributed by atoms with Gasteiger partial charge in [-0.1, -0.05) is 17.7 Å². The van der Waals surface area contributed by atoms with Crippen LogP contribution in [0.2, 0.25) is 5.15 Å². The van der Waals surface area contributed by atoms with Crippen LogP contribution >= 0.6 is 11.6 Å². The van der Waals surface area contributed by atoms with Crippen molar-refractivity contribution in [1.82, 2.24) is 19.7 Å². The second-order valence-electron chi connectivity index (χ2n) is 8.23. The number of carbonyl (C=O) groups is 2. The van der Waals surface area contributed by atoms with E-state index in [2.05, 4.69) is 15.1 Å². The number of pyridine rings is 2. The average Bonchev–Trinajstić information content (AvgIpc) is 3.47. The average molecular weight is 507 g/mol. The van der Waals surface area contributed by atoms with Crippen molar-refractivity contribution in [3.8, 4) is 11.1 Å². The van der Waals surface area contributed by atoms with Crippen molar-refractivity contribution in [3.05, 3.63) is 83.2 Å². The number of hydrogen-bond acceptors (Lipinski definition) is 5. The first kappa shape index (κ1) is 23.4. The summed E-state index contributed by atoms with van der Waals surface area (Å²) in [4.78, 5) is 35.6. The molecule has 0 spiro atoms. The largest absolute Gasteiger partial charge is 0.464 e. The van der Waals surface area contributed by atoms with Crippen LogP contribution in [0.25, 0.3) is 11.1 Å². The molecule has 1 aliphatic heterocycles. The van der Waals surface area contributed by atoms with Crippen molar-refractivity contribution in [2.45, 2.75) is 12.8 Å². The molecule has 0 saturated heterocycles. The molecule has 3 aromatic heterocycles. The van der Waals surface area contributed by atoms with Gasteiger partial charge in [-0.05, 0) is 59.0 Å². The van der Waals surface area contributed by atoms with Crippen LogP contribution in [0.4, 0.5) is 26.5 Å². The van der Waals surface area contributed by atoms with Crippen molar-refractivity contribution in [2.24, 2.45) is 7.05 Å². The number of hydrogen-bond donors (Lipinski definition) is 1. The lowest BCUT2D eigenvalue weighted by Crippen LogP contribution is -2.31. The number of carbonyl (C=O) groups excluding carboxylic acids is 1. The van der Waals surface area contributed by atoms with E-state index in [1.165, 1.54) is 28.0 Å². The highest BCUT2D eigenvalue weighted by atomic mass is 35.5. The summed E-state index contributed by atoms with van der Waals surface area (Å²) < 4.78 is 16.8. The number of amides is 2. The third-order valence-electron chi connectivity index (χ3n) is 6.02. The number of aromatic nitrogens is 4. The van der Waals surface area contributed by atoms with E-state index in [0.717, 1.165) is 4.90 Å². The molecule has 0 bridgehead atoms. The van der Waals surface area contributed by atoms with Gasteiger partial charge in [-0.25, -0.2) is 24.1 Å². The second-order valence-corrected chi connectivity index (χ2v) is 8.58. The highest BCUT2D eigenvalue weighted by Crippen LogP contribution is 2.37. The molecule has 1 aliphatic rings. The van der Waals surface area contributed by atoms with Crippen LogP contribution < -0.4 is 9.80 Å². The Labute approximate surface area is 210 Å². The Hall–Kier alpha value is -4.31. The fraction of sp³-hybridized carbons (Fsp3) is 0.160. The minimum absolute atomic E-state index is 0.0139. The standard InChI is InChI=1S/C25H20ClFN6O3/c1-31-21(5-9-30-31)33(25(35)36)20-13-15(4-8-28-20)18-11-16-6-10-32(23(16)19(27)12-18)22(34)14-17-3-2-7-29-24(17)26/h2-5,7-9,11-13H,6,10,14H2,1H3,(H,35,36). The van der Waals surface area contributed by atoms with Gasteiger partial charge < -0.3 is 10.0 Å². The quantitative estimate of drug-likeness (QED) is 0.396. The lowest BCUT2D eigenvalue weighted by Gasteiger charge is -2.20. The molecule has 0 unspecified atom stereocenters. The first-order chi connectivity index (χ1) is 17.3. The van der Waals surface area contributed by atoms with E-state index in [0.29, 0.717) is 41.0 Å². The lowest BCUT2D eigenvalue weighted by molar-refractivity contribution is -0.117. The number of nitrogens with zero attached hydrogens (tertiary/aromatic N) is 6. The smallest absolute Gasteiger partial charge is 0.418 e. The fourth-order valence-corrected chi connectivity index (χ4v) is 4.52. The first-order valence-corrected chi connectivity index (χ1v) is 11.4. The van der Waals surface area contributed by atoms with Crippen LogP contribution in [0, 0.1) is 5.82 Å². The van der Waals surface area contributed by atoms with Crippen molar-refractivity contribution in [1.29, 1.82) is 0 Å². The molecule has 11 heteroatoms. The van der Waals surface area contributed by atoms with Gasteiger partial charge in [0.25, 0.3) is 0 Å². The Morgan fingerprint density at radius 3 is 2.67 bits per heavy atom. The van der Waals surface area contributed by atoms with Gasteiger partial charge in [0.2, 0.25) is 5.91 Å². The topological polar surface area (TPSA) is 104 Å². The molecular formula is C25H20ClFN6O3. The Bertz CT molecular complexity index is 1490.